The molecule has 2 aromatic carbocycles. The Hall–Kier alpha value is -4.14. The minimum Gasteiger partial charge on any atom is -0.457 e. The second kappa shape index (κ2) is 13.3. The number of hydrogen-bond acceptors (Lipinski definition) is 7. The third kappa shape index (κ3) is 6.69. The number of hydrogen-bond donors (Lipinski definition) is 0. The zero-order valence-electron chi connectivity index (χ0n) is 27.1. The molecule has 0 bridgehead atoms. The van der Waals surface area contributed by atoms with Crippen molar-refractivity contribution in [3.8, 4) is 22.8 Å². The molecular weight excluding hydrogens is 574 g/mol. The number of likely N-dealkylation sites (tertiary alicyclic amines) is 1. The van der Waals surface area contributed by atoms with E-state index in [2.05, 4.69) is 60.1 Å². The van der Waals surface area contributed by atoms with Gasteiger partial charge in [0, 0.05) is 74.4 Å². The van der Waals surface area contributed by atoms with Crippen molar-refractivity contribution < 1.29 is 14.3 Å². The minimum absolute atomic E-state index is 0.194. The predicted octanol–water partition coefficient (Wildman–Crippen LogP) is 7.24. The van der Waals surface area contributed by atoms with Crippen LogP contribution in [0.2, 0.25) is 0 Å². The van der Waals surface area contributed by atoms with E-state index in [1.54, 1.807) is 0 Å². The second-order valence-electron chi connectivity index (χ2n) is 13.4. The lowest BCUT2D eigenvalue weighted by Gasteiger charge is -2.36. The van der Waals surface area contributed by atoms with Crippen molar-refractivity contribution in [3.63, 3.8) is 0 Å². The van der Waals surface area contributed by atoms with Crippen molar-refractivity contribution in [1.29, 1.82) is 0 Å². The molecule has 5 heterocycles. The highest BCUT2D eigenvalue weighted by Crippen LogP contribution is 2.34. The number of ether oxygens (including phenoxy) is 2. The lowest BCUT2D eigenvalue weighted by molar-refractivity contribution is -0.128. The standard InChI is InChI=1S/C38H43N5O3/c1-25(2)33-10-11-35(41-40-33)27-4-7-32(8-5-27)46-37-22-36-29(21-30(37)24-43-23-26(3)20-38(43)44)6-9-34(39-36)28-12-16-42(17-13-28)31-14-18-45-19-15-31/h4-12,21-22,25-26,31H,13-20,23-24H2,1-3H3. The van der Waals surface area contributed by atoms with Gasteiger partial charge in [-0.05, 0) is 85.2 Å². The third-order valence-corrected chi connectivity index (χ3v) is 9.57. The van der Waals surface area contributed by atoms with Crippen LogP contribution in [-0.4, -0.2) is 69.8 Å². The first kappa shape index (κ1) is 30.5. The summed E-state index contributed by atoms with van der Waals surface area (Å²) in [5, 5.41) is 9.85. The van der Waals surface area contributed by atoms with E-state index >= 15 is 0 Å². The molecule has 46 heavy (non-hydrogen) atoms. The molecule has 2 saturated heterocycles. The summed E-state index contributed by atoms with van der Waals surface area (Å²) in [6, 6.07) is 21.1. The largest absolute Gasteiger partial charge is 0.457 e. The van der Waals surface area contributed by atoms with Crippen LogP contribution in [0, 0.1) is 5.92 Å². The van der Waals surface area contributed by atoms with Gasteiger partial charge in [0.25, 0.3) is 0 Å². The summed E-state index contributed by atoms with van der Waals surface area (Å²) in [5.74, 6) is 2.33. The lowest BCUT2D eigenvalue weighted by Crippen LogP contribution is -2.41. The molecule has 4 aromatic rings. The maximum atomic E-state index is 12.7. The van der Waals surface area contributed by atoms with E-state index in [4.69, 9.17) is 14.5 Å². The molecule has 3 aliphatic heterocycles. The van der Waals surface area contributed by atoms with Gasteiger partial charge in [0.2, 0.25) is 5.91 Å². The smallest absolute Gasteiger partial charge is 0.223 e. The van der Waals surface area contributed by atoms with E-state index < -0.39 is 0 Å². The number of carbonyl (C=O) groups excluding carboxylic acids is 1. The molecule has 0 radical (unpaired) electrons. The molecule has 8 nitrogen and oxygen atoms in total. The summed E-state index contributed by atoms with van der Waals surface area (Å²) < 4.78 is 12.1. The van der Waals surface area contributed by atoms with E-state index in [0.717, 1.165) is 103 Å². The quantitative estimate of drug-likeness (QED) is 0.206. The molecule has 1 unspecified atom stereocenters. The molecule has 2 aromatic heterocycles. The van der Waals surface area contributed by atoms with Gasteiger partial charge in [0.1, 0.15) is 11.5 Å². The van der Waals surface area contributed by atoms with Crippen molar-refractivity contribution in [2.45, 2.75) is 65.0 Å². The fourth-order valence-electron chi connectivity index (χ4n) is 6.85. The van der Waals surface area contributed by atoms with Crippen LogP contribution in [0.3, 0.4) is 0 Å². The molecular formula is C38H43N5O3. The van der Waals surface area contributed by atoms with Gasteiger partial charge in [0.05, 0.1) is 22.6 Å². The Labute approximate surface area is 271 Å². The zero-order chi connectivity index (χ0) is 31.6. The van der Waals surface area contributed by atoms with Crippen molar-refractivity contribution >= 4 is 22.4 Å². The van der Waals surface area contributed by atoms with Gasteiger partial charge in [-0.3, -0.25) is 9.69 Å². The molecule has 0 saturated carbocycles. The number of benzene rings is 2. The normalized spacial score (nSPS) is 19.7. The zero-order valence-corrected chi connectivity index (χ0v) is 27.1. The Morgan fingerprint density at radius 3 is 2.46 bits per heavy atom. The van der Waals surface area contributed by atoms with E-state index in [1.807, 2.05) is 47.4 Å². The summed E-state index contributed by atoms with van der Waals surface area (Å²) >= 11 is 0. The van der Waals surface area contributed by atoms with Gasteiger partial charge in [-0.15, -0.1) is 0 Å². The van der Waals surface area contributed by atoms with E-state index in [0.29, 0.717) is 30.8 Å². The van der Waals surface area contributed by atoms with Crippen LogP contribution in [0.25, 0.3) is 27.7 Å². The van der Waals surface area contributed by atoms with Crippen LogP contribution < -0.4 is 4.74 Å². The number of nitrogens with zero attached hydrogens (tertiary/aromatic N) is 5. The number of pyridine rings is 1. The summed E-state index contributed by atoms with van der Waals surface area (Å²) in [6.45, 7) is 11.4. The number of carbonyl (C=O) groups is 1. The molecule has 7 rings (SSSR count). The van der Waals surface area contributed by atoms with Gasteiger partial charge < -0.3 is 14.4 Å². The highest BCUT2D eigenvalue weighted by Gasteiger charge is 2.28. The third-order valence-electron chi connectivity index (χ3n) is 9.57. The van der Waals surface area contributed by atoms with Crippen LogP contribution >= 0.6 is 0 Å². The van der Waals surface area contributed by atoms with Crippen LogP contribution in [0.15, 0.2) is 66.7 Å². The van der Waals surface area contributed by atoms with Crippen LogP contribution in [0.5, 0.6) is 11.5 Å². The molecule has 238 valence electrons. The Morgan fingerprint density at radius 2 is 1.78 bits per heavy atom. The highest BCUT2D eigenvalue weighted by atomic mass is 16.5. The van der Waals surface area contributed by atoms with Gasteiger partial charge in [-0.25, -0.2) is 4.98 Å². The van der Waals surface area contributed by atoms with Crippen LogP contribution in [0.4, 0.5) is 0 Å². The molecule has 3 aliphatic rings. The molecule has 8 heteroatoms. The first-order valence-electron chi connectivity index (χ1n) is 16.7. The number of rotatable bonds is 8. The summed E-state index contributed by atoms with van der Waals surface area (Å²) in [7, 11) is 0. The molecule has 1 amide bonds. The molecule has 1 atom stereocenters. The Morgan fingerprint density at radius 1 is 0.978 bits per heavy atom. The minimum atomic E-state index is 0.194. The Bertz CT molecular complexity index is 1730. The molecule has 2 fully saturated rings. The fraction of sp³-hybridized carbons (Fsp3) is 0.421. The van der Waals surface area contributed by atoms with Gasteiger partial charge >= 0.3 is 0 Å². The number of fused-ring (bicyclic) bond motifs is 1. The number of aromatic nitrogens is 3. The van der Waals surface area contributed by atoms with Crippen molar-refractivity contribution in [1.82, 2.24) is 25.0 Å². The summed E-state index contributed by atoms with van der Waals surface area (Å²) in [6.07, 6.45) is 6.17. The molecule has 0 N–H and O–H groups in total. The maximum absolute atomic E-state index is 12.7. The topological polar surface area (TPSA) is 80.7 Å². The Kier molecular flexibility index (Phi) is 8.82. The van der Waals surface area contributed by atoms with Crippen molar-refractivity contribution in [3.05, 3.63) is 83.7 Å². The molecule has 0 aliphatic carbocycles. The SMILES string of the molecule is CC1CC(=O)N(Cc2cc3ccc(C4=CCN(C5CCOCC5)CC4)nc3cc2Oc2ccc(-c3ccc(C(C)C)nn3)cc2)C1. The maximum Gasteiger partial charge on any atom is 0.223 e. The molecule has 0 spiro atoms. The number of amides is 1. The summed E-state index contributed by atoms with van der Waals surface area (Å²) in [5.41, 5.74) is 6.98. The van der Waals surface area contributed by atoms with Gasteiger partial charge in [-0.1, -0.05) is 32.9 Å². The van der Waals surface area contributed by atoms with Crippen LogP contribution in [-0.2, 0) is 16.1 Å². The van der Waals surface area contributed by atoms with Gasteiger partial charge in [0.15, 0.2) is 0 Å². The lowest BCUT2D eigenvalue weighted by atomic mass is 9.99. The predicted molar refractivity (Wildman–Crippen MR) is 181 cm³/mol. The second-order valence-corrected chi connectivity index (χ2v) is 13.4. The van der Waals surface area contributed by atoms with Crippen LogP contribution in [0.1, 0.15) is 69.3 Å². The van der Waals surface area contributed by atoms with E-state index in [9.17, 15) is 4.79 Å². The average Bonchev–Trinajstić information content (AvgIpc) is 3.41. The summed E-state index contributed by atoms with van der Waals surface area (Å²) in [4.78, 5) is 22.4. The first-order valence-corrected chi connectivity index (χ1v) is 16.7. The van der Waals surface area contributed by atoms with E-state index in [1.165, 1.54) is 5.57 Å². The van der Waals surface area contributed by atoms with E-state index in [-0.39, 0.29) is 5.91 Å². The fourth-order valence-corrected chi connectivity index (χ4v) is 6.85. The monoisotopic (exact) mass is 617 g/mol. The Balaban J connectivity index is 1.15. The first-order chi connectivity index (χ1) is 22.4. The van der Waals surface area contributed by atoms with Crippen molar-refractivity contribution in [2.75, 3.05) is 32.8 Å². The highest BCUT2D eigenvalue weighted by molar-refractivity contribution is 5.84. The van der Waals surface area contributed by atoms with Gasteiger partial charge in [-0.2, -0.15) is 10.2 Å². The van der Waals surface area contributed by atoms with Crippen molar-refractivity contribution in [2.24, 2.45) is 5.92 Å². The average molecular weight is 618 g/mol.